The van der Waals surface area contributed by atoms with E-state index in [4.69, 9.17) is 4.74 Å². The maximum Gasteiger partial charge on any atom is 0.142 e. The van der Waals surface area contributed by atoms with Crippen molar-refractivity contribution in [2.75, 3.05) is 12.4 Å². The van der Waals surface area contributed by atoms with Crippen LogP contribution < -0.4 is 10.1 Å². The Bertz CT molecular complexity index is 738. The number of hydrogen-bond donors (Lipinski definition) is 2. The van der Waals surface area contributed by atoms with E-state index in [0.717, 1.165) is 23.4 Å². The van der Waals surface area contributed by atoms with Crippen LogP contribution in [0.1, 0.15) is 29.5 Å². The number of anilines is 1. The number of phenols is 1. The highest BCUT2D eigenvalue weighted by Gasteiger charge is 2.39. The van der Waals surface area contributed by atoms with Gasteiger partial charge in [-0.2, -0.15) is 0 Å². The van der Waals surface area contributed by atoms with Crippen LogP contribution in [0.15, 0.2) is 54.6 Å². The molecule has 1 aliphatic carbocycles. The number of phenolic OH excluding ortho intramolecular Hbond substituents is 1. The average molecular weight is 293 g/mol. The highest BCUT2D eigenvalue weighted by molar-refractivity contribution is 5.68. The maximum absolute atomic E-state index is 10.3. The molecule has 3 heteroatoms. The summed E-state index contributed by atoms with van der Waals surface area (Å²) in [4.78, 5) is 0. The third-order valence-electron chi connectivity index (χ3n) is 4.85. The fraction of sp³-hybridized carbons (Fsp3) is 0.263. The largest absolute Gasteiger partial charge is 0.508 e. The normalized spacial score (nSPS) is 25.2. The van der Waals surface area contributed by atoms with Crippen LogP contribution in [0.25, 0.3) is 0 Å². The predicted molar refractivity (Wildman–Crippen MR) is 87.5 cm³/mol. The van der Waals surface area contributed by atoms with E-state index in [1.165, 1.54) is 5.56 Å². The molecule has 0 saturated carbocycles. The minimum Gasteiger partial charge on any atom is -0.508 e. The van der Waals surface area contributed by atoms with Crippen LogP contribution in [-0.2, 0) is 0 Å². The Morgan fingerprint density at radius 3 is 2.73 bits per heavy atom. The summed E-state index contributed by atoms with van der Waals surface area (Å²) in [5.74, 6) is 2.00. The van der Waals surface area contributed by atoms with Crippen LogP contribution in [0.2, 0.25) is 0 Å². The molecular formula is C19H19NO2. The van der Waals surface area contributed by atoms with E-state index >= 15 is 0 Å². The van der Waals surface area contributed by atoms with Gasteiger partial charge >= 0.3 is 0 Å². The van der Waals surface area contributed by atoms with Gasteiger partial charge in [0.15, 0.2) is 0 Å². The van der Waals surface area contributed by atoms with Gasteiger partial charge in [-0.15, -0.1) is 0 Å². The molecule has 22 heavy (non-hydrogen) atoms. The van der Waals surface area contributed by atoms with E-state index in [9.17, 15) is 5.11 Å². The lowest BCUT2D eigenvalue weighted by molar-refractivity contribution is 0.387. The van der Waals surface area contributed by atoms with Crippen molar-refractivity contribution < 1.29 is 9.84 Å². The topological polar surface area (TPSA) is 41.5 Å². The van der Waals surface area contributed by atoms with Gasteiger partial charge in [0, 0.05) is 11.5 Å². The Morgan fingerprint density at radius 2 is 1.91 bits per heavy atom. The Labute approximate surface area is 130 Å². The van der Waals surface area contributed by atoms with Gasteiger partial charge in [0.2, 0.25) is 0 Å². The minimum atomic E-state index is 0.0880. The maximum atomic E-state index is 10.3. The van der Waals surface area contributed by atoms with E-state index in [1.807, 2.05) is 30.3 Å². The second kappa shape index (κ2) is 5.09. The molecule has 0 radical (unpaired) electrons. The molecule has 2 aromatic carbocycles. The number of allylic oxidation sites excluding steroid dienone is 2. The molecule has 2 aliphatic rings. The van der Waals surface area contributed by atoms with Gasteiger partial charge in [-0.05, 0) is 30.0 Å². The molecule has 112 valence electrons. The van der Waals surface area contributed by atoms with Gasteiger partial charge in [0.25, 0.3) is 0 Å². The van der Waals surface area contributed by atoms with Crippen LogP contribution in [0.4, 0.5) is 5.69 Å². The first-order chi connectivity index (χ1) is 10.8. The van der Waals surface area contributed by atoms with E-state index in [2.05, 4.69) is 23.5 Å². The summed E-state index contributed by atoms with van der Waals surface area (Å²) in [6.07, 6.45) is 5.56. The van der Waals surface area contributed by atoms with Crippen molar-refractivity contribution in [3.8, 4) is 11.5 Å². The fourth-order valence-corrected chi connectivity index (χ4v) is 3.82. The van der Waals surface area contributed by atoms with Crippen molar-refractivity contribution in [2.45, 2.75) is 18.4 Å². The molecular weight excluding hydrogens is 274 g/mol. The first-order valence-electron chi connectivity index (χ1n) is 7.67. The van der Waals surface area contributed by atoms with Gasteiger partial charge in [0.05, 0.1) is 18.8 Å². The molecule has 3 atom stereocenters. The number of ether oxygens (including phenoxy) is 1. The molecule has 2 N–H and O–H groups in total. The number of aromatic hydroxyl groups is 1. The van der Waals surface area contributed by atoms with Crippen LogP contribution in [-0.4, -0.2) is 12.2 Å². The molecule has 1 aliphatic heterocycles. The minimum absolute atomic E-state index is 0.0880. The summed E-state index contributed by atoms with van der Waals surface area (Å²) in [6.45, 7) is 0. The molecule has 0 bridgehead atoms. The van der Waals surface area contributed by atoms with Crippen molar-refractivity contribution in [1.29, 1.82) is 0 Å². The molecule has 0 spiro atoms. The van der Waals surface area contributed by atoms with E-state index in [0.29, 0.717) is 17.6 Å². The third kappa shape index (κ3) is 1.89. The number of benzene rings is 2. The summed E-state index contributed by atoms with van der Waals surface area (Å²) in [5.41, 5.74) is 3.29. The zero-order valence-corrected chi connectivity index (χ0v) is 12.5. The molecule has 3 nitrogen and oxygen atoms in total. The summed E-state index contributed by atoms with van der Waals surface area (Å²) in [6, 6.07) is 13.9. The van der Waals surface area contributed by atoms with E-state index in [-0.39, 0.29) is 6.04 Å². The number of nitrogens with one attached hydrogen (secondary N) is 1. The lowest BCUT2D eigenvalue weighted by atomic mass is 9.76. The van der Waals surface area contributed by atoms with Gasteiger partial charge in [-0.1, -0.05) is 42.5 Å². The van der Waals surface area contributed by atoms with Crippen molar-refractivity contribution in [3.05, 3.63) is 65.7 Å². The second-order valence-electron chi connectivity index (χ2n) is 5.96. The molecule has 4 rings (SSSR count). The smallest absolute Gasteiger partial charge is 0.142 e. The highest BCUT2D eigenvalue weighted by atomic mass is 16.5. The number of fused-ring (bicyclic) bond motifs is 3. The fourth-order valence-electron chi connectivity index (χ4n) is 3.82. The van der Waals surface area contributed by atoms with Crippen LogP contribution in [0.5, 0.6) is 11.5 Å². The molecule has 1 heterocycles. The van der Waals surface area contributed by atoms with Crippen molar-refractivity contribution in [3.63, 3.8) is 0 Å². The molecule has 3 unspecified atom stereocenters. The SMILES string of the molecule is COc1cccc2c1NC(c1ccccc1O)C1CC=CC21. The summed E-state index contributed by atoms with van der Waals surface area (Å²) < 4.78 is 5.53. The summed E-state index contributed by atoms with van der Waals surface area (Å²) >= 11 is 0. The van der Waals surface area contributed by atoms with Gasteiger partial charge in [0.1, 0.15) is 11.5 Å². The summed E-state index contributed by atoms with van der Waals surface area (Å²) in [7, 11) is 1.70. The zero-order chi connectivity index (χ0) is 15.1. The Morgan fingerprint density at radius 1 is 1.09 bits per heavy atom. The predicted octanol–water partition coefficient (Wildman–Crippen LogP) is 4.23. The van der Waals surface area contributed by atoms with Crippen molar-refractivity contribution in [2.24, 2.45) is 5.92 Å². The Kier molecular flexibility index (Phi) is 3.07. The van der Waals surface area contributed by atoms with Gasteiger partial charge in [-0.25, -0.2) is 0 Å². The highest BCUT2D eigenvalue weighted by Crippen LogP contribution is 2.52. The Balaban J connectivity index is 1.85. The zero-order valence-electron chi connectivity index (χ0n) is 12.5. The lowest BCUT2D eigenvalue weighted by Crippen LogP contribution is -2.29. The van der Waals surface area contributed by atoms with Crippen LogP contribution in [0.3, 0.4) is 0 Å². The summed E-state index contributed by atoms with van der Waals surface area (Å²) in [5, 5.41) is 13.9. The number of rotatable bonds is 2. The van der Waals surface area contributed by atoms with Crippen molar-refractivity contribution in [1.82, 2.24) is 0 Å². The number of hydrogen-bond acceptors (Lipinski definition) is 3. The monoisotopic (exact) mass is 293 g/mol. The standard InChI is InChI=1S/C19H19NO2/c1-22-17-11-5-9-14-12-7-4-8-13(12)18(20-19(14)17)15-6-2-3-10-16(15)21/h2-7,9-13,18,20-21H,8H2,1H3. The quantitative estimate of drug-likeness (QED) is 0.814. The van der Waals surface area contributed by atoms with Gasteiger partial charge in [-0.3, -0.25) is 0 Å². The molecule has 0 fully saturated rings. The second-order valence-corrected chi connectivity index (χ2v) is 5.96. The first-order valence-corrected chi connectivity index (χ1v) is 7.67. The average Bonchev–Trinajstić information content (AvgIpc) is 3.04. The van der Waals surface area contributed by atoms with Crippen LogP contribution >= 0.6 is 0 Å². The van der Waals surface area contributed by atoms with Crippen molar-refractivity contribution >= 4 is 5.69 Å². The van der Waals surface area contributed by atoms with Crippen LogP contribution in [0, 0.1) is 5.92 Å². The molecule has 0 aromatic heterocycles. The van der Waals surface area contributed by atoms with Gasteiger partial charge < -0.3 is 15.2 Å². The molecule has 2 aromatic rings. The van der Waals surface area contributed by atoms with E-state index in [1.54, 1.807) is 13.2 Å². The van der Waals surface area contributed by atoms with E-state index < -0.39 is 0 Å². The molecule has 0 saturated heterocycles. The number of methoxy groups -OCH3 is 1. The third-order valence-corrected chi connectivity index (χ3v) is 4.85. The lowest BCUT2D eigenvalue weighted by Gasteiger charge is -2.38. The Hall–Kier alpha value is -2.42. The first kappa shape index (κ1) is 13.3. The number of para-hydroxylation sites is 2. The molecule has 0 amide bonds.